The minimum absolute atomic E-state index is 0.0402. The van der Waals surface area contributed by atoms with Crippen molar-refractivity contribution in [1.29, 1.82) is 0 Å². The third-order valence-electron chi connectivity index (χ3n) is 4.46. The fourth-order valence-electron chi connectivity index (χ4n) is 3.10. The van der Waals surface area contributed by atoms with Crippen LogP contribution in [-0.2, 0) is 9.59 Å². The van der Waals surface area contributed by atoms with Gasteiger partial charge in [0.25, 0.3) is 5.91 Å². The Kier molecular flexibility index (Phi) is 4.60. The third-order valence-corrected chi connectivity index (χ3v) is 4.46. The van der Waals surface area contributed by atoms with Crippen molar-refractivity contribution >= 4 is 17.7 Å². The van der Waals surface area contributed by atoms with E-state index in [1.165, 1.54) is 0 Å². The normalized spacial score (nSPS) is 21.8. The highest BCUT2D eigenvalue weighted by Gasteiger charge is 2.30. The second-order valence-corrected chi connectivity index (χ2v) is 6.10. The first kappa shape index (κ1) is 15.5. The molecule has 2 aliphatic rings. The standard InChI is InChI=1S/C17H21N3O3/c21-15-7-6-14(19-15)16(22)18-13-8-10-20(11-9-13)17(23)12-4-2-1-3-5-12/h1-5,13-14H,6-11H2,(H,18,22)(H,19,21). The quantitative estimate of drug-likeness (QED) is 0.861. The molecular weight excluding hydrogens is 294 g/mol. The molecule has 0 spiro atoms. The van der Waals surface area contributed by atoms with E-state index in [1.807, 2.05) is 35.2 Å². The van der Waals surface area contributed by atoms with Crippen molar-refractivity contribution in [3.63, 3.8) is 0 Å². The number of piperidine rings is 1. The van der Waals surface area contributed by atoms with Gasteiger partial charge < -0.3 is 15.5 Å². The average Bonchev–Trinajstić information content (AvgIpc) is 3.02. The molecule has 0 aliphatic carbocycles. The topological polar surface area (TPSA) is 78.5 Å². The van der Waals surface area contributed by atoms with Crippen molar-refractivity contribution in [3.8, 4) is 0 Å². The zero-order valence-electron chi connectivity index (χ0n) is 13.0. The van der Waals surface area contributed by atoms with Gasteiger partial charge in [-0.25, -0.2) is 0 Å². The molecule has 2 aliphatic heterocycles. The van der Waals surface area contributed by atoms with Crippen LogP contribution in [0, 0.1) is 0 Å². The van der Waals surface area contributed by atoms with Crippen molar-refractivity contribution in [1.82, 2.24) is 15.5 Å². The van der Waals surface area contributed by atoms with E-state index in [2.05, 4.69) is 10.6 Å². The zero-order chi connectivity index (χ0) is 16.2. The van der Waals surface area contributed by atoms with Crippen LogP contribution < -0.4 is 10.6 Å². The van der Waals surface area contributed by atoms with Crippen LogP contribution in [0.1, 0.15) is 36.0 Å². The summed E-state index contributed by atoms with van der Waals surface area (Å²) in [6.45, 7) is 1.27. The van der Waals surface area contributed by atoms with Crippen LogP contribution in [-0.4, -0.2) is 47.8 Å². The maximum atomic E-state index is 12.4. The lowest BCUT2D eigenvalue weighted by molar-refractivity contribution is -0.126. The molecule has 1 unspecified atom stereocenters. The number of nitrogens with one attached hydrogen (secondary N) is 2. The fraction of sp³-hybridized carbons (Fsp3) is 0.471. The predicted octanol–water partition coefficient (Wildman–Crippen LogP) is 0.686. The van der Waals surface area contributed by atoms with Crippen LogP contribution >= 0.6 is 0 Å². The molecule has 2 saturated heterocycles. The first-order valence-corrected chi connectivity index (χ1v) is 8.07. The van der Waals surface area contributed by atoms with Crippen LogP contribution in [0.5, 0.6) is 0 Å². The number of carbonyl (C=O) groups is 3. The molecule has 6 nitrogen and oxygen atoms in total. The first-order valence-electron chi connectivity index (χ1n) is 8.07. The Balaban J connectivity index is 1.48. The molecule has 0 radical (unpaired) electrons. The van der Waals surface area contributed by atoms with Gasteiger partial charge >= 0.3 is 0 Å². The molecule has 3 amide bonds. The molecule has 2 N–H and O–H groups in total. The van der Waals surface area contributed by atoms with Crippen LogP contribution in [0.15, 0.2) is 30.3 Å². The molecule has 1 atom stereocenters. The lowest BCUT2D eigenvalue weighted by Gasteiger charge is -2.33. The van der Waals surface area contributed by atoms with Crippen LogP contribution in [0.3, 0.4) is 0 Å². The van der Waals surface area contributed by atoms with Gasteiger partial charge in [0, 0.05) is 31.1 Å². The summed E-state index contributed by atoms with van der Waals surface area (Å²) in [6.07, 6.45) is 2.47. The number of likely N-dealkylation sites (tertiary alicyclic amines) is 1. The van der Waals surface area contributed by atoms with E-state index >= 15 is 0 Å². The van der Waals surface area contributed by atoms with Gasteiger partial charge in [-0.2, -0.15) is 0 Å². The molecule has 1 aromatic rings. The highest BCUT2D eigenvalue weighted by Crippen LogP contribution is 2.15. The zero-order valence-corrected chi connectivity index (χ0v) is 13.0. The van der Waals surface area contributed by atoms with Gasteiger partial charge in [-0.05, 0) is 31.4 Å². The number of nitrogens with zero attached hydrogens (tertiary/aromatic N) is 1. The van der Waals surface area contributed by atoms with E-state index in [0.29, 0.717) is 31.5 Å². The number of carbonyl (C=O) groups excluding carboxylic acids is 3. The van der Waals surface area contributed by atoms with E-state index in [1.54, 1.807) is 0 Å². The molecule has 122 valence electrons. The largest absolute Gasteiger partial charge is 0.351 e. The van der Waals surface area contributed by atoms with Gasteiger partial charge in [0.2, 0.25) is 11.8 Å². The van der Waals surface area contributed by atoms with Crippen LogP contribution in [0.2, 0.25) is 0 Å². The van der Waals surface area contributed by atoms with Gasteiger partial charge in [-0.1, -0.05) is 18.2 Å². The molecule has 0 saturated carbocycles. The number of hydrogen-bond acceptors (Lipinski definition) is 3. The summed E-state index contributed by atoms with van der Waals surface area (Å²) in [5.41, 5.74) is 0.698. The van der Waals surface area contributed by atoms with Crippen molar-refractivity contribution < 1.29 is 14.4 Å². The smallest absolute Gasteiger partial charge is 0.253 e. The second-order valence-electron chi connectivity index (χ2n) is 6.10. The van der Waals surface area contributed by atoms with E-state index in [9.17, 15) is 14.4 Å². The Morgan fingerprint density at radius 1 is 1.09 bits per heavy atom. The lowest BCUT2D eigenvalue weighted by atomic mass is 10.0. The van der Waals surface area contributed by atoms with Crippen LogP contribution in [0.25, 0.3) is 0 Å². The Morgan fingerprint density at radius 3 is 2.39 bits per heavy atom. The van der Waals surface area contributed by atoms with Gasteiger partial charge in [0.15, 0.2) is 0 Å². The van der Waals surface area contributed by atoms with Crippen molar-refractivity contribution in [2.75, 3.05) is 13.1 Å². The summed E-state index contributed by atoms with van der Waals surface area (Å²) in [6, 6.07) is 8.91. The molecule has 0 aromatic heterocycles. The monoisotopic (exact) mass is 315 g/mol. The summed E-state index contributed by atoms with van der Waals surface area (Å²) in [5, 5.41) is 5.67. The summed E-state index contributed by atoms with van der Waals surface area (Å²) in [5.74, 6) is -0.129. The highest BCUT2D eigenvalue weighted by atomic mass is 16.2. The van der Waals surface area contributed by atoms with E-state index in [0.717, 1.165) is 12.8 Å². The fourth-order valence-corrected chi connectivity index (χ4v) is 3.10. The minimum Gasteiger partial charge on any atom is -0.351 e. The van der Waals surface area contributed by atoms with E-state index < -0.39 is 6.04 Å². The highest BCUT2D eigenvalue weighted by molar-refractivity contribution is 5.94. The maximum absolute atomic E-state index is 12.4. The molecule has 1 aromatic carbocycles. The molecular formula is C17H21N3O3. The number of benzene rings is 1. The average molecular weight is 315 g/mol. The van der Waals surface area contributed by atoms with Gasteiger partial charge in [-0.15, -0.1) is 0 Å². The SMILES string of the molecule is O=C1CCC(C(=O)NC2CCN(C(=O)c3ccccc3)CC2)N1. The minimum atomic E-state index is -0.397. The number of amides is 3. The summed E-state index contributed by atoms with van der Waals surface area (Å²) in [4.78, 5) is 37.5. The number of hydrogen-bond donors (Lipinski definition) is 2. The van der Waals surface area contributed by atoms with Gasteiger partial charge in [0.1, 0.15) is 6.04 Å². The molecule has 3 rings (SSSR count). The van der Waals surface area contributed by atoms with Crippen LogP contribution in [0.4, 0.5) is 0 Å². The first-order chi connectivity index (χ1) is 11.1. The Hall–Kier alpha value is -2.37. The predicted molar refractivity (Wildman–Crippen MR) is 84.7 cm³/mol. The van der Waals surface area contributed by atoms with Gasteiger partial charge in [-0.3, -0.25) is 14.4 Å². The van der Waals surface area contributed by atoms with Crippen molar-refractivity contribution in [2.45, 2.75) is 37.8 Å². The molecule has 6 heteroatoms. The lowest BCUT2D eigenvalue weighted by Crippen LogP contribution is -2.50. The number of rotatable bonds is 3. The van der Waals surface area contributed by atoms with Gasteiger partial charge in [0.05, 0.1) is 0 Å². The second kappa shape index (κ2) is 6.81. The molecule has 0 bridgehead atoms. The summed E-state index contributed by atoms with van der Waals surface area (Å²) < 4.78 is 0. The Labute approximate surface area is 135 Å². The van der Waals surface area contributed by atoms with Crippen molar-refractivity contribution in [3.05, 3.63) is 35.9 Å². The van der Waals surface area contributed by atoms with E-state index in [-0.39, 0.29) is 23.8 Å². The van der Waals surface area contributed by atoms with E-state index in [4.69, 9.17) is 0 Å². The Morgan fingerprint density at radius 2 is 1.78 bits per heavy atom. The summed E-state index contributed by atoms with van der Waals surface area (Å²) in [7, 11) is 0. The third kappa shape index (κ3) is 3.70. The Bertz CT molecular complexity index is 594. The molecule has 23 heavy (non-hydrogen) atoms. The molecule has 2 heterocycles. The van der Waals surface area contributed by atoms with Crippen molar-refractivity contribution in [2.24, 2.45) is 0 Å². The maximum Gasteiger partial charge on any atom is 0.253 e. The summed E-state index contributed by atoms with van der Waals surface area (Å²) >= 11 is 0. The molecule has 2 fully saturated rings.